The first-order chi connectivity index (χ1) is 12.8. The second-order valence-electron chi connectivity index (χ2n) is 7.72. The minimum absolute atomic E-state index is 0.140. The van der Waals surface area contributed by atoms with E-state index in [9.17, 15) is 4.79 Å². The summed E-state index contributed by atoms with van der Waals surface area (Å²) in [4.78, 5) is 19.7. The lowest BCUT2D eigenvalue weighted by Crippen LogP contribution is -2.49. The predicted molar refractivity (Wildman–Crippen MR) is 103 cm³/mol. The number of benzene rings is 2. The molecule has 2 bridgehead atoms. The van der Waals surface area contributed by atoms with Crippen molar-refractivity contribution >= 4 is 22.3 Å². The smallest absolute Gasteiger partial charge is 0.250 e. The Bertz CT molecular complexity index is 1140. The standard InChI is InChI=1S/C22H19N3O/c26-20-9-3-8-19-16-10-14(12-25(19)20)11-24(13-16)22-17-6-1-4-15-5-2-7-18(23-22)21(15)17/h1-9,14,16H,10-13H2/t14-,16-/m1/s1. The summed E-state index contributed by atoms with van der Waals surface area (Å²) in [7, 11) is 0. The molecule has 0 spiro atoms. The van der Waals surface area contributed by atoms with Crippen LogP contribution in [0.25, 0.3) is 10.8 Å². The molecule has 1 saturated heterocycles. The molecule has 0 unspecified atom stereocenters. The Morgan fingerprint density at radius 1 is 0.923 bits per heavy atom. The third kappa shape index (κ3) is 1.90. The molecule has 2 atom stereocenters. The molecule has 0 radical (unpaired) electrons. The summed E-state index contributed by atoms with van der Waals surface area (Å²) in [6.45, 7) is 2.73. The van der Waals surface area contributed by atoms with E-state index in [1.165, 1.54) is 28.5 Å². The number of aliphatic imine (C=N–C) groups is 1. The third-order valence-corrected chi connectivity index (χ3v) is 6.13. The maximum absolute atomic E-state index is 12.2. The van der Waals surface area contributed by atoms with E-state index in [4.69, 9.17) is 4.99 Å². The molecule has 2 aromatic carbocycles. The molecule has 6 rings (SSSR count). The lowest BCUT2D eigenvalue weighted by Gasteiger charge is -2.43. The minimum Gasteiger partial charge on any atom is -0.355 e. The van der Waals surface area contributed by atoms with Crippen molar-refractivity contribution in [2.75, 3.05) is 13.1 Å². The normalized spacial score (nSPS) is 23.1. The van der Waals surface area contributed by atoms with Crippen molar-refractivity contribution in [1.29, 1.82) is 0 Å². The highest BCUT2D eigenvalue weighted by molar-refractivity contribution is 6.18. The summed E-state index contributed by atoms with van der Waals surface area (Å²) in [5.74, 6) is 2.02. The van der Waals surface area contributed by atoms with Crippen LogP contribution in [0.15, 0.2) is 64.4 Å². The van der Waals surface area contributed by atoms with Gasteiger partial charge in [0.1, 0.15) is 5.84 Å². The van der Waals surface area contributed by atoms with E-state index in [1.54, 1.807) is 6.07 Å². The van der Waals surface area contributed by atoms with Crippen LogP contribution in [-0.4, -0.2) is 28.4 Å². The minimum atomic E-state index is 0.140. The Balaban J connectivity index is 1.43. The average molecular weight is 341 g/mol. The SMILES string of the molecule is O=c1cccc2n1C[C@@H]1C[C@@H]2CN(C2=Nc3cccc4cccc2c34)C1. The number of pyridine rings is 1. The molecule has 0 amide bonds. The largest absolute Gasteiger partial charge is 0.355 e. The lowest BCUT2D eigenvalue weighted by molar-refractivity contribution is 0.179. The Morgan fingerprint density at radius 3 is 2.69 bits per heavy atom. The molecule has 4 heterocycles. The fourth-order valence-electron chi connectivity index (χ4n) is 5.09. The first-order valence-corrected chi connectivity index (χ1v) is 9.33. The molecular weight excluding hydrogens is 322 g/mol. The highest BCUT2D eigenvalue weighted by Gasteiger charge is 2.37. The summed E-state index contributed by atoms with van der Waals surface area (Å²) in [6.07, 6.45) is 1.17. The van der Waals surface area contributed by atoms with Gasteiger partial charge in [-0.2, -0.15) is 0 Å². The molecule has 3 aliphatic rings. The van der Waals surface area contributed by atoms with E-state index < -0.39 is 0 Å². The Morgan fingerprint density at radius 2 is 1.77 bits per heavy atom. The highest BCUT2D eigenvalue weighted by Crippen LogP contribution is 2.40. The van der Waals surface area contributed by atoms with E-state index in [-0.39, 0.29) is 5.56 Å². The lowest BCUT2D eigenvalue weighted by atomic mass is 9.83. The van der Waals surface area contributed by atoms with Crippen LogP contribution in [0, 0.1) is 5.92 Å². The number of rotatable bonds is 0. The van der Waals surface area contributed by atoms with Gasteiger partial charge in [-0.05, 0) is 29.9 Å². The van der Waals surface area contributed by atoms with Crippen molar-refractivity contribution in [2.24, 2.45) is 10.9 Å². The van der Waals surface area contributed by atoms with E-state index in [0.29, 0.717) is 11.8 Å². The van der Waals surface area contributed by atoms with Crippen LogP contribution in [0.4, 0.5) is 5.69 Å². The summed E-state index contributed by atoms with van der Waals surface area (Å²) in [5, 5.41) is 2.53. The fraction of sp³-hybridized carbons (Fsp3) is 0.273. The Labute approximate surface area is 151 Å². The van der Waals surface area contributed by atoms with Crippen LogP contribution < -0.4 is 5.56 Å². The van der Waals surface area contributed by atoms with Gasteiger partial charge in [0.15, 0.2) is 0 Å². The van der Waals surface area contributed by atoms with Gasteiger partial charge in [0.05, 0.1) is 5.69 Å². The second kappa shape index (κ2) is 5.07. The van der Waals surface area contributed by atoms with E-state index >= 15 is 0 Å². The van der Waals surface area contributed by atoms with Gasteiger partial charge in [0.2, 0.25) is 0 Å². The highest BCUT2D eigenvalue weighted by atomic mass is 16.1. The zero-order valence-electron chi connectivity index (χ0n) is 14.4. The molecular formula is C22H19N3O. The van der Waals surface area contributed by atoms with Crippen molar-refractivity contribution in [3.8, 4) is 0 Å². The van der Waals surface area contributed by atoms with Gasteiger partial charge >= 0.3 is 0 Å². The molecule has 3 aromatic rings. The number of aromatic nitrogens is 1. The van der Waals surface area contributed by atoms with Crippen LogP contribution in [-0.2, 0) is 6.54 Å². The predicted octanol–water partition coefficient (Wildman–Crippen LogP) is 3.51. The number of fused-ring (bicyclic) bond motifs is 4. The average Bonchev–Trinajstić information content (AvgIpc) is 3.04. The van der Waals surface area contributed by atoms with Crippen LogP contribution in [0.1, 0.15) is 23.6 Å². The molecule has 128 valence electrons. The molecule has 26 heavy (non-hydrogen) atoms. The van der Waals surface area contributed by atoms with Gasteiger partial charge in [-0.15, -0.1) is 0 Å². The van der Waals surface area contributed by atoms with Gasteiger partial charge in [-0.1, -0.05) is 36.4 Å². The number of hydrogen-bond acceptors (Lipinski definition) is 3. The second-order valence-corrected chi connectivity index (χ2v) is 7.72. The van der Waals surface area contributed by atoms with Crippen molar-refractivity contribution in [2.45, 2.75) is 18.9 Å². The Kier molecular flexibility index (Phi) is 2.79. The summed E-state index contributed by atoms with van der Waals surface area (Å²) >= 11 is 0. The van der Waals surface area contributed by atoms with Gasteiger partial charge in [-0.3, -0.25) is 4.79 Å². The molecule has 0 aliphatic carbocycles. The first kappa shape index (κ1) is 14.3. The van der Waals surface area contributed by atoms with Gasteiger partial charge in [-0.25, -0.2) is 4.99 Å². The summed E-state index contributed by atoms with van der Waals surface area (Å²) in [5.41, 5.74) is 3.66. The van der Waals surface area contributed by atoms with Gasteiger partial charge < -0.3 is 9.47 Å². The quantitative estimate of drug-likeness (QED) is 0.627. The number of amidine groups is 1. The number of nitrogens with zero attached hydrogens (tertiary/aromatic N) is 3. The van der Waals surface area contributed by atoms with Crippen molar-refractivity contribution in [1.82, 2.24) is 9.47 Å². The maximum atomic E-state index is 12.2. The topological polar surface area (TPSA) is 37.6 Å². The Hall–Kier alpha value is -2.88. The van der Waals surface area contributed by atoms with Crippen molar-refractivity contribution in [3.63, 3.8) is 0 Å². The zero-order chi connectivity index (χ0) is 17.3. The van der Waals surface area contributed by atoms with Crippen LogP contribution in [0.5, 0.6) is 0 Å². The third-order valence-electron chi connectivity index (χ3n) is 6.13. The van der Waals surface area contributed by atoms with Crippen LogP contribution in [0.3, 0.4) is 0 Å². The maximum Gasteiger partial charge on any atom is 0.250 e. The summed E-state index contributed by atoms with van der Waals surface area (Å²) in [6, 6.07) is 18.5. The molecule has 3 aliphatic heterocycles. The van der Waals surface area contributed by atoms with E-state index in [0.717, 1.165) is 31.2 Å². The first-order valence-electron chi connectivity index (χ1n) is 9.33. The van der Waals surface area contributed by atoms with E-state index in [2.05, 4.69) is 47.4 Å². The molecule has 0 N–H and O–H groups in total. The molecule has 4 nitrogen and oxygen atoms in total. The molecule has 1 fully saturated rings. The van der Waals surface area contributed by atoms with E-state index in [1.807, 2.05) is 10.6 Å². The van der Waals surface area contributed by atoms with Crippen molar-refractivity contribution in [3.05, 3.63) is 76.2 Å². The molecule has 1 aromatic heterocycles. The number of likely N-dealkylation sites (tertiary alicyclic amines) is 1. The molecule has 0 saturated carbocycles. The monoisotopic (exact) mass is 341 g/mol. The van der Waals surface area contributed by atoms with Crippen LogP contribution >= 0.6 is 0 Å². The number of piperidine rings is 1. The zero-order valence-corrected chi connectivity index (χ0v) is 14.4. The van der Waals surface area contributed by atoms with Gasteiger partial charge in [0.25, 0.3) is 5.56 Å². The van der Waals surface area contributed by atoms with Crippen LogP contribution in [0.2, 0.25) is 0 Å². The number of hydrogen-bond donors (Lipinski definition) is 0. The fourth-order valence-corrected chi connectivity index (χ4v) is 5.09. The van der Waals surface area contributed by atoms with Gasteiger partial charge in [0, 0.05) is 48.3 Å². The van der Waals surface area contributed by atoms with Crippen molar-refractivity contribution < 1.29 is 0 Å². The molecule has 4 heteroatoms. The summed E-state index contributed by atoms with van der Waals surface area (Å²) < 4.78 is 1.99.